The maximum atomic E-state index is 13.5. The summed E-state index contributed by atoms with van der Waals surface area (Å²) in [6.45, 7) is 1.63. The Bertz CT molecular complexity index is 1520. The Morgan fingerprint density at radius 1 is 1.00 bits per heavy atom. The van der Waals surface area contributed by atoms with Gasteiger partial charge < -0.3 is 24.9 Å². The molecular formula is C29H28N4O3. The number of fused-ring (bicyclic) bond motifs is 3. The molecule has 0 aliphatic carbocycles. The van der Waals surface area contributed by atoms with Gasteiger partial charge >= 0.3 is 0 Å². The van der Waals surface area contributed by atoms with E-state index in [1.165, 1.54) is 21.9 Å². The topological polar surface area (TPSA) is 90.2 Å². The van der Waals surface area contributed by atoms with Crippen molar-refractivity contribution in [2.45, 2.75) is 24.5 Å². The number of amides is 2. The molecule has 3 N–H and O–H groups in total. The van der Waals surface area contributed by atoms with Crippen molar-refractivity contribution in [1.29, 1.82) is 0 Å². The molecule has 7 heteroatoms. The van der Waals surface area contributed by atoms with Crippen LogP contribution < -0.4 is 5.32 Å². The summed E-state index contributed by atoms with van der Waals surface area (Å²) in [6, 6.07) is 16.4. The summed E-state index contributed by atoms with van der Waals surface area (Å²) < 4.78 is 6.29. The van der Waals surface area contributed by atoms with Crippen LogP contribution >= 0.6 is 0 Å². The molecule has 4 aromatic rings. The minimum absolute atomic E-state index is 0.0264. The molecule has 7 nitrogen and oxygen atoms in total. The number of rotatable bonds is 7. The van der Waals surface area contributed by atoms with E-state index in [2.05, 4.69) is 33.5 Å². The molecule has 0 radical (unpaired) electrons. The second-order valence-electron chi connectivity index (χ2n) is 10.2. The van der Waals surface area contributed by atoms with Crippen LogP contribution in [0.4, 0.5) is 0 Å². The number of para-hydroxylation sites is 2. The largest absolute Gasteiger partial charge is 0.361 e. The van der Waals surface area contributed by atoms with Gasteiger partial charge in [0.05, 0.1) is 24.5 Å². The molecule has 3 aliphatic heterocycles. The van der Waals surface area contributed by atoms with Crippen LogP contribution in [-0.4, -0.2) is 58.0 Å². The number of hydrogen-bond donors (Lipinski definition) is 3. The molecule has 2 aromatic carbocycles. The summed E-state index contributed by atoms with van der Waals surface area (Å²) in [4.78, 5) is 35.3. The lowest BCUT2D eigenvalue weighted by Crippen LogP contribution is -2.44. The number of carbonyl (C=O) groups is 2. The molecule has 0 saturated carbocycles. The number of nitrogens with zero attached hydrogens (tertiary/aromatic N) is 1. The number of carbonyl (C=O) groups excluding carboxylic acids is 2. The van der Waals surface area contributed by atoms with Crippen LogP contribution in [0.1, 0.15) is 11.1 Å². The highest BCUT2D eigenvalue weighted by Crippen LogP contribution is 2.51. The van der Waals surface area contributed by atoms with Crippen LogP contribution in [0, 0.1) is 11.8 Å². The number of H-pyrrole nitrogens is 2. The third kappa shape index (κ3) is 3.23. The zero-order valence-corrected chi connectivity index (χ0v) is 19.9. The van der Waals surface area contributed by atoms with Gasteiger partial charge in [-0.05, 0) is 36.1 Å². The van der Waals surface area contributed by atoms with E-state index in [9.17, 15) is 9.59 Å². The van der Waals surface area contributed by atoms with E-state index in [4.69, 9.17) is 4.74 Å². The van der Waals surface area contributed by atoms with Gasteiger partial charge in [0.2, 0.25) is 11.8 Å². The van der Waals surface area contributed by atoms with Crippen molar-refractivity contribution in [3.8, 4) is 0 Å². The van der Waals surface area contributed by atoms with Crippen molar-refractivity contribution in [2.75, 3.05) is 19.6 Å². The Kier molecular flexibility index (Phi) is 4.82. The van der Waals surface area contributed by atoms with E-state index in [0.717, 1.165) is 23.9 Å². The molecular weight excluding hydrogens is 452 g/mol. The smallest absolute Gasteiger partial charge is 0.230 e. The zero-order chi connectivity index (χ0) is 24.3. The Labute approximate surface area is 208 Å². The number of ether oxygens (including phenoxy) is 1. The van der Waals surface area contributed by atoms with Gasteiger partial charge in [-0.25, -0.2) is 0 Å². The highest BCUT2D eigenvalue weighted by atomic mass is 16.5. The van der Waals surface area contributed by atoms with Gasteiger partial charge in [-0.15, -0.1) is 0 Å². The summed E-state index contributed by atoms with van der Waals surface area (Å²) in [5.41, 5.74) is 3.88. The van der Waals surface area contributed by atoms with E-state index in [1.54, 1.807) is 0 Å². The molecule has 2 fully saturated rings. The van der Waals surface area contributed by atoms with E-state index >= 15 is 0 Å². The number of likely N-dealkylation sites (tertiary alicyclic amines) is 1. The quantitative estimate of drug-likeness (QED) is 0.355. The van der Waals surface area contributed by atoms with Gasteiger partial charge in [-0.3, -0.25) is 9.59 Å². The molecule has 2 aromatic heterocycles. The Morgan fingerprint density at radius 2 is 1.67 bits per heavy atom. The molecule has 36 heavy (non-hydrogen) atoms. The Hall–Kier alpha value is -3.84. The molecule has 0 unspecified atom stereocenters. The predicted octanol–water partition coefficient (Wildman–Crippen LogP) is 3.33. The second-order valence-corrected chi connectivity index (χ2v) is 10.2. The van der Waals surface area contributed by atoms with Crippen molar-refractivity contribution in [3.05, 3.63) is 84.2 Å². The predicted molar refractivity (Wildman–Crippen MR) is 137 cm³/mol. The fraction of sp³-hybridized carbons (Fsp3) is 0.310. The number of aromatic nitrogens is 2. The SMILES string of the molecule is O=C(NCCc1c[nH]c2ccccc12)[C@@H]1[C@@H]2C=C[C@]3(CN(CCc4c[nH]c5ccccc45)C(=O)[C@H]13)O2. The Morgan fingerprint density at radius 3 is 2.39 bits per heavy atom. The molecule has 2 amide bonds. The highest BCUT2D eigenvalue weighted by molar-refractivity contribution is 5.93. The molecule has 3 aliphatic rings. The standard InChI is InChI=1S/C29H28N4O3/c34-27(30-13-10-18-15-31-22-7-3-1-5-20(18)22)25-24-9-12-29(36-24)17-33(28(35)26(25)29)14-11-19-16-32-23-8-4-2-6-21(19)23/h1-9,12,15-16,24-26,31-32H,10-11,13-14,17H2,(H,30,34)/t24-,25+,26-,29+/m0/s1. The molecule has 2 saturated heterocycles. The van der Waals surface area contributed by atoms with Crippen LogP contribution in [-0.2, 0) is 27.2 Å². The summed E-state index contributed by atoms with van der Waals surface area (Å²) in [5.74, 6) is -1.01. The first-order valence-electron chi connectivity index (χ1n) is 12.7. The van der Waals surface area contributed by atoms with Crippen molar-refractivity contribution in [2.24, 2.45) is 11.8 Å². The summed E-state index contributed by atoms with van der Waals surface area (Å²) in [6.07, 6.45) is 9.16. The average Bonchev–Trinajstić information content (AvgIpc) is 3.70. The summed E-state index contributed by atoms with van der Waals surface area (Å²) in [5, 5.41) is 5.45. The molecule has 2 bridgehead atoms. The van der Waals surface area contributed by atoms with Gasteiger partial charge in [-0.1, -0.05) is 48.6 Å². The minimum Gasteiger partial charge on any atom is -0.361 e. The second kappa shape index (κ2) is 8.10. The monoisotopic (exact) mass is 480 g/mol. The summed E-state index contributed by atoms with van der Waals surface area (Å²) >= 11 is 0. The third-order valence-electron chi connectivity index (χ3n) is 8.18. The molecule has 5 heterocycles. The maximum absolute atomic E-state index is 13.5. The van der Waals surface area contributed by atoms with Gasteiger partial charge in [0, 0.05) is 47.3 Å². The van der Waals surface area contributed by atoms with Crippen LogP contribution in [0.25, 0.3) is 21.8 Å². The van der Waals surface area contributed by atoms with Crippen molar-refractivity contribution < 1.29 is 14.3 Å². The first-order chi connectivity index (χ1) is 17.6. The summed E-state index contributed by atoms with van der Waals surface area (Å²) in [7, 11) is 0. The van der Waals surface area contributed by atoms with E-state index in [-0.39, 0.29) is 17.9 Å². The van der Waals surface area contributed by atoms with Gasteiger partial charge in [0.25, 0.3) is 0 Å². The zero-order valence-electron chi connectivity index (χ0n) is 19.9. The maximum Gasteiger partial charge on any atom is 0.230 e. The lowest BCUT2D eigenvalue weighted by Gasteiger charge is -2.23. The van der Waals surface area contributed by atoms with Gasteiger partial charge in [0.15, 0.2) is 0 Å². The molecule has 4 atom stereocenters. The fourth-order valence-corrected chi connectivity index (χ4v) is 6.44. The van der Waals surface area contributed by atoms with Crippen molar-refractivity contribution >= 4 is 33.6 Å². The van der Waals surface area contributed by atoms with E-state index in [0.29, 0.717) is 19.6 Å². The molecule has 7 rings (SSSR count). The minimum atomic E-state index is -0.680. The van der Waals surface area contributed by atoms with E-state index in [1.807, 2.05) is 59.8 Å². The number of benzene rings is 2. The molecule has 1 spiro atoms. The van der Waals surface area contributed by atoms with Gasteiger partial charge in [-0.2, -0.15) is 0 Å². The van der Waals surface area contributed by atoms with Crippen molar-refractivity contribution in [1.82, 2.24) is 20.2 Å². The normalized spacial score (nSPS) is 26.4. The number of hydrogen-bond acceptors (Lipinski definition) is 3. The van der Waals surface area contributed by atoms with Crippen LogP contribution in [0.15, 0.2) is 73.1 Å². The van der Waals surface area contributed by atoms with Crippen LogP contribution in [0.3, 0.4) is 0 Å². The number of nitrogens with one attached hydrogen (secondary N) is 3. The lowest BCUT2D eigenvalue weighted by molar-refractivity contribution is -0.137. The first kappa shape index (κ1) is 21.4. The molecule has 182 valence electrons. The first-order valence-corrected chi connectivity index (χ1v) is 12.7. The third-order valence-corrected chi connectivity index (χ3v) is 8.18. The van der Waals surface area contributed by atoms with Crippen LogP contribution in [0.5, 0.6) is 0 Å². The lowest BCUT2D eigenvalue weighted by atomic mass is 9.77. The van der Waals surface area contributed by atoms with Crippen LogP contribution in [0.2, 0.25) is 0 Å². The number of aromatic amines is 2. The van der Waals surface area contributed by atoms with E-state index < -0.39 is 17.4 Å². The fourth-order valence-electron chi connectivity index (χ4n) is 6.44. The Balaban J connectivity index is 1.03. The highest BCUT2D eigenvalue weighted by Gasteiger charge is 2.66. The average molecular weight is 481 g/mol. The van der Waals surface area contributed by atoms with Crippen molar-refractivity contribution in [3.63, 3.8) is 0 Å². The van der Waals surface area contributed by atoms with Gasteiger partial charge in [0.1, 0.15) is 5.60 Å².